The molecule has 1 saturated heterocycles. The van der Waals surface area contributed by atoms with Gasteiger partial charge in [0.2, 0.25) is 5.71 Å². The van der Waals surface area contributed by atoms with Crippen LogP contribution in [0, 0.1) is 0 Å². The number of para-hydroxylation sites is 1. The molecule has 4 aromatic rings. The lowest BCUT2D eigenvalue weighted by atomic mass is 10.2. The number of hydrogen-bond donors (Lipinski definition) is 2. The topological polar surface area (TPSA) is 91.5 Å². The van der Waals surface area contributed by atoms with E-state index >= 15 is 0 Å². The fourth-order valence-corrected chi connectivity index (χ4v) is 4.51. The van der Waals surface area contributed by atoms with E-state index in [1.807, 2.05) is 24.3 Å². The van der Waals surface area contributed by atoms with Gasteiger partial charge in [0, 0.05) is 31.6 Å². The third kappa shape index (κ3) is 3.94. The molecule has 4 heterocycles. The Morgan fingerprint density at radius 3 is 2.69 bits per heavy atom. The highest BCUT2D eigenvalue weighted by Crippen LogP contribution is 2.33. The molecule has 0 saturated carbocycles. The lowest BCUT2D eigenvalue weighted by molar-refractivity contribution is 0.548. The molecular weight excluding hydrogens is 435 g/mol. The average Bonchev–Trinajstić information content (AvgIpc) is 3.20. The molecule has 7 nitrogen and oxygen atoms in total. The Hall–Kier alpha value is -2.23. The summed E-state index contributed by atoms with van der Waals surface area (Å²) < 4.78 is 12.9. The van der Waals surface area contributed by atoms with E-state index in [4.69, 9.17) is 20.7 Å². The van der Waals surface area contributed by atoms with Crippen LogP contribution in [0.25, 0.3) is 31.9 Å². The first-order valence-corrected chi connectivity index (χ1v) is 10.4. The number of benzene rings is 1. The standard InChI is InChI=1S/C19H15ClN4O2S.ClHO/c20-13-2-1-3-14-16(13)23-18(27-14)12-10-11-4-5-15(22-17(11)26-19(12)25)24-8-6-21-7-9-24;1-2/h1-5,10,21H,6-9H2;2H. The highest BCUT2D eigenvalue weighted by atomic mass is 35.5. The van der Waals surface area contributed by atoms with Crippen molar-refractivity contribution in [2.24, 2.45) is 0 Å². The van der Waals surface area contributed by atoms with Crippen LogP contribution in [-0.2, 0) is 0 Å². The first kappa shape index (κ1) is 20.1. The number of piperazine rings is 1. The molecule has 5 rings (SSSR count). The Balaban J connectivity index is 0.000000994. The highest BCUT2D eigenvalue weighted by molar-refractivity contribution is 7.21. The van der Waals surface area contributed by atoms with Gasteiger partial charge in [0.1, 0.15) is 16.3 Å². The predicted molar refractivity (Wildman–Crippen MR) is 117 cm³/mol. The van der Waals surface area contributed by atoms with Gasteiger partial charge in [-0.2, -0.15) is 4.98 Å². The molecule has 3 aromatic heterocycles. The molecule has 150 valence electrons. The predicted octanol–water partition coefficient (Wildman–Crippen LogP) is 3.66. The molecule has 2 N–H and O–H groups in total. The van der Waals surface area contributed by atoms with Crippen molar-refractivity contribution in [3.63, 3.8) is 0 Å². The maximum atomic E-state index is 12.6. The molecule has 1 fully saturated rings. The molecule has 29 heavy (non-hydrogen) atoms. The Morgan fingerprint density at radius 1 is 1.14 bits per heavy atom. The van der Waals surface area contributed by atoms with E-state index in [1.165, 1.54) is 11.3 Å². The number of rotatable bonds is 2. The van der Waals surface area contributed by atoms with Crippen molar-refractivity contribution >= 4 is 61.9 Å². The molecule has 0 bridgehead atoms. The molecule has 0 amide bonds. The van der Waals surface area contributed by atoms with E-state index < -0.39 is 5.63 Å². The molecule has 1 aromatic carbocycles. The van der Waals surface area contributed by atoms with E-state index in [0.717, 1.165) is 42.1 Å². The van der Waals surface area contributed by atoms with Crippen LogP contribution in [0.3, 0.4) is 0 Å². The normalized spacial score (nSPS) is 14.1. The molecule has 10 heteroatoms. The van der Waals surface area contributed by atoms with Crippen molar-refractivity contribution in [1.82, 2.24) is 15.3 Å². The van der Waals surface area contributed by atoms with Crippen molar-refractivity contribution in [1.29, 1.82) is 0 Å². The van der Waals surface area contributed by atoms with Gasteiger partial charge >= 0.3 is 5.63 Å². The van der Waals surface area contributed by atoms with Gasteiger partial charge in [-0.25, -0.2) is 9.78 Å². The van der Waals surface area contributed by atoms with Crippen LogP contribution in [0.5, 0.6) is 0 Å². The smallest absolute Gasteiger partial charge is 0.347 e. The van der Waals surface area contributed by atoms with E-state index in [1.54, 1.807) is 12.1 Å². The summed E-state index contributed by atoms with van der Waals surface area (Å²) in [7, 11) is 0. The lowest BCUT2D eigenvalue weighted by Crippen LogP contribution is -2.43. The number of hydrogen-bond acceptors (Lipinski definition) is 8. The first-order chi connectivity index (χ1) is 14.2. The Kier molecular flexibility index (Phi) is 5.98. The fourth-order valence-electron chi connectivity index (χ4n) is 3.24. The van der Waals surface area contributed by atoms with Crippen molar-refractivity contribution in [3.8, 4) is 10.6 Å². The molecule has 1 aliphatic rings. The summed E-state index contributed by atoms with van der Waals surface area (Å²) in [6, 6.07) is 11.3. The second-order valence-corrected chi connectivity index (χ2v) is 7.79. The summed E-state index contributed by atoms with van der Waals surface area (Å²) in [4.78, 5) is 23.8. The summed E-state index contributed by atoms with van der Waals surface area (Å²) in [6.45, 7) is 3.60. The van der Waals surface area contributed by atoms with Crippen LogP contribution >= 0.6 is 34.8 Å². The van der Waals surface area contributed by atoms with Crippen LogP contribution in [0.1, 0.15) is 0 Å². The van der Waals surface area contributed by atoms with Crippen LogP contribution in [0.2, 0.25) is 5.02 Å². The average molecular weight is 451 g/mol. The van der Waals surface area contributed by atoms with Crippen molar-refractivity contribution in [3.05, 3.63) is 51.8 Å². The van der Waals surface area contributed by atoms with E-state index in [0.29, 0.717) is 26.8 Å². The minimum Gasteiger partial charge on any atom is -0.403 e. The highest BCUT2D eigenvalue weighted by Gasteiger charge is 2.16. The van der Waals surface area contributed by atoms with Gasteiger partial charge in [-0.1, -0.05) is 17.7 Å². The van der Waals surface area contributed by atoms with Crippen LogP contribution in [0.15, 0.2) is 45.6 Å². The number of anilines is 1. The number of nitrogens with zero attached hydrogens (tertiary/aromatic N) is 3. The van der Waals surface area contributed by atoms with Gasteiger partial charge in [-0.3, -0.25) is 4.66 Å². The SMILES string of the molecule is O=c1oc2nc(N3CCNCC3)ccc2cc1-c1nc2c(Cl)cccc2s1.OCl. The zero-order valence-electron chi connectivity index (χ0n) is 15.1. The number of nitrogens with one attached hydrogen (secondary N) is 1. The number of halogens is 2. The molecule has 0 radical (unpaired) electrons. The molecule has 0 spiro atoms. The molecule has 0 aliphatic carbocycles. The maximum absolute atomic E-state index is 12.6. The largest absolute Gasteiger partial charge is 0.403 e. The van der Waals surface area contributed by atoms with Crippen LogP contribution in [-0.4, -0.2) is 40.8 Å². The minimum atomic E-state index is -0.442. The van der Waals surface area contributed by atoms with E-state index in [2.05, 4.69) is 32.1 Å². The summed E-state index contributed by atoms with van der Waals surface area (Å²) >= 11 is 11.3. The molecule has 0 unspecified atom stereocenters. The van der Waals surface area contributed by atoms with Gasteiger partial charge < -0.3 is 14.6 Å². The third-order valence-electron chi connectivity index (χ3n) is 4.63. The first-order valence-electron chi connectivity index (χ1n) is 8.82. The van der Waals surface area contributed by atoms with Crippen molar-refractivity contribution < 1.29 is 9.08 Å². The second kappa shape index (κ2) is 8.64. The zero-order valence-corrected chi connectivity index (χ0v) is 17.4. The summed E-state index contributed by atoms with van der Waals surface area (Å²) in [5.41, 5.74) is 1.03. The molecular formula is C19H16Cl2N4O3S. The van der Waals surface area contributed by atoms with Crippen molar-refractivity contribution in [2.75, 3.05) is 31.1 Å². The minimum absolute atomic E-state index is 0.346. The molecule has 0 atom stereocenters. The summed E-state index contributed by atoms with van der Waals surface area (Å²) in [5, 5.41) is 5.25. The Morgan fingerprint density at radius 2 is 1.93 bits per heavy atom. The second-order valence-electron chi connectivity index (χ2n) is 6.35. The van der Waals surface area contributed by atoms with Gasteiger partial charge in [0.15, 0.2) is 0 Å². The monoisotopic (exact) mass is 450 g/mol. The number of fused-ring (bicyclic) bond motifs is 2. The number of pyridine rings is 1. The van der Waals surface area contributed by atoms with E-state index in [-0.39, 0.29) is 0 Å². The van der Waals surface area contributed by atoms with Gasteiger partial charge in [0.05, 0.1) is 27.2 Å². The fraction of sp³-hybridized carbons (Fsp3) is 0.211. The van der Waals surface area contributed by atoms with Crippen LogP contribution < -0.4 is 15.8 Å². The van der Waals surface area contributed by atoms with Crippen LogP contribution in [0.4, 0.5) is 5.82 Å². The van der Waals surface area contributed by atoms with Gasteiger partial charge in [0.25, 0.3) is 0 Å². The quantitative estimate of drug-likeness (QED) is 0.481. The molecule has 1 aliphatic heterocycles. The number of aromatic nitrogens is 2. The maximum Gasteiger partial charge on any atom is 0.347 e. The van der Waals surface area contributed by atoms with Gasteiger partial charge in [-0.15, -0.1) is 11.3 Å². The number of thiazole rings is 1. The van der Waals surface area contributed by atoms with Gasteiger partial charge in [-0.05, 0) is 30.3 Å². The zero-order chi connectivity index (χ0) is 20.4. The van der Waals surface area contributed by atoms with E-state index in [9.17, 15) is 4.79 Å². The Labute approximate surface area is 179 Å². The third-order valence-corrected chi connectivity index (χ3v) is 5.98. The lowest BCUT2D eigenvalue weighted by Gasteiger charge is -2.28. The summed E-state index contributed by atoms with van der Waals surface area (Å²) in [5.74, 6) is 0.826. The Bertz CT molecular complexity index is 1220. The summed E-state index contributed by atoms with van der Waals surface area (Å²) in [6.07, 6.45) is 0. The van der Waals surface area contributed by atoms with Crippen molar-refractivity contribution in [2.45, 2.75) is 0 Å².